The van der Waals surface area contributed by atoms with Crippen molar-refractivity contribution in [2.45, 2.75) is 24.6 Å². The first-order valence-corrected chi connectivity index (χ1v) is 11.1. The Bertz CT molecular complexity index is 1010. The number of sulfonamides is 1. The van der Waals surface area contributed by atoms with Crippen LogP contribution in [-0.4, -0.2) is 50.5 Å². The van der Waals surface area contributed by atoms with Crippen molar-refractivity contribution in [3.8, 4) is 0 Å². The molecule has 8 nitrogen and oxygen atoms in total. The molecule has 0 unspecified atom stereocenters. The third-order valence-electron chi connectivity index (χ3n) is 4.58. The van der Waals surface area contributed by atoms with E-state index in [-0.39, 0.29) is 31.1 Å². The van der Waals surface area contributed by atoms with E-state index < -0.39 is 28.1 Å². The van der Waals surface area contributed by atoms with Crippen molar-refractivity contribution < 1.29 is 22.7 Å². The molecular weight excluding hydrogens is 430 g/mol. The van der Waals surface area contributed by atoms with E-state index in [4.69, 9.17) is 16.3 Å². The van der Waals surface area contributed by atoms with E-state index in [9.17, 15) is 18.0 Å². The number of halogens is 1. The molecule has 1 fully saturated rings. The maximum atomic E-state index is 12.9. The predicted molar refractivity (Wildman–Crippen MR) is 111 cm³/mol. The molecule has 0 bridgehead atoms. The van der Waals surface area contributed by atoms with Crippen LogP contribution in [0.4, 0.5) is 0 Å². The fourth-order valence-electron chi connectivity index (χ4n) is 2.91. The van der Waals surface area contributed by atoms with Gasteiger partial charge in [-0.05, 0) is 36.8 Å². The molecule has 2 N–H and O–H groups in total. The second-order valence-corrected chi connectivity index (χ2v) is 9.10. The van der Waals surface area contributed by atoms with Gasteiger partial charge >= 0.3 is 11.8 Å². The summed E-state index contributed by atoms with van der Waals surface area (Å²) < 4.78 is 32.4. The molecule has 3 rings (SSSR count). The molecule has 1 aliphatic heterocycles. The van der Waals surface area contributed by atoms with Gasteiger partial charge in [0.25, 0.3) is 0 Å². The van der Waals surface area contributed by atoms with Gasteiger partial charge in [-0.2, -0.15) is 4.31 Å². The fourth-order valence-corrected chi connectivity index (χ4v) is 4.55. The maximum absolute atomic E-state index is 12.9. The standard InChI is InChI=1S/C20H22ClN3O5S/c1-14-2-8-17(9-3-14)30(27,28)24-10-11-29-18(24)13-23-20(26)19(25)22-12-15-4-6-16(21)7-5-15/h2-9,18H,10-13H2,1H3,(H,22,25)(H,23,26)/t18-/m1/s1. The molecule has 10 heteroatoms. The Morgan fingerprint density at radius 2 is 1.70 bits per heavy atom. The second kappa shape index (κ2) is 9.57. The number of rotatable bonds is 6. The van der Waals surface area contributed by atoms with Crippen molar-refractivity contribution in [3.05, 3.63) is 64.7 Å². The molecule has 160 valence electrons. The third kappa shape index (κ3) is 5.37. The van der Waals surface area contributed by atoms with E-state index in [0.29, 0.717) is 5.02 Å². The summed E-state index contributed by atoms with van der Waals surface area (Å²) in [4.78, 5) is 24.2. The zero-order valence-corrected chi connectivity index (χ0v) is 17.9. The summed E-state index contributed by atoms with van der Waals surface area (Å²) in [6.07, 6.45) is -0.885. The first-order valence-electron chi connectivity index (χ1n) is 9.28. The zero-order valence-electron chi connectivity index (χ0n) is 16.3. The van der Waals surface area contributed by atoms with Crippen LogP contribution in [-0.2, 0) is 30.9 Å². The summed E-state index contributed by atoms with van der Waals surface area (Å²) in [6.45, 7) is 2.26. The van der Waals surface area contributed by atoms with Gasteiger partial charge in [-0.15, -0.1) is 0 Å². The van der Waals surface area contributed by atoms with Crippen molar-refractivity contribution >= 4 is 33.4 Å². The second-order valence-electron chi connectivity index (χ2n) is 6.77. The fraction of sp³-hybridized carbons (Fsp3) is 0.300. The Labute approximate surface area is 180 Å². The number of amides is 2. The van der Waals surface area contributed by atoms with E-state index in [0.717, 1.165) is 11.1 Å². The quantitative estimate of drug-likeness (QED) is 0.646. The number of hydrogen-bond acceptors (Lipinski definition) is 5. The highest BCUT2D eigenvalue weighted by Crippen LogP contribution is 2.22. The van der Waals surface area contributed by atoms with Crippen LogP contribution in [0.5, 0.6) is 0 Å². The number of hydrogen-bond donors (Lipinski definition) is 2. The zero-order chi connectivity index (χ0) is 21.7. The lowest BCUT2D eigenvalue weighted by Gasteiger charge is -2.22. The highest BCUT2D eigenvalue weighted by atomic mass is 35.5. The Balaban J connectivity index is 1.54. The van der Waals surface area contributed by atoms with Crippen molar-refractivity contribution in [2.24, 2.45) is 0 Å². The molecule has 2 amide bonds. The van der Waals surface area contributed by atoms with Gasteiger partial charge in [0, 0.05) is 18.1 Å². The minimum Gasteiger partial charge on any atom is -0.359 e. The van der Waals surface area contributed by atoms with Gasteiger partial charge < -0.3 is 15.4 Å². The van der Waals surface area contributed by atoms with Crippen molar-refractivity contribution in [1.29, 1.82) is 0 Å². The Hall–Kier alpha value is -2.46. The average Bonchev–Trinajstić information content (AvgIpc) is 3.21. The van der Waals surface area contributed by atoms with E-state index >= 15 is 0 Å². The molecule has 30 heavy (non-hydrogen) atoms. The lowest BCUT2D eigenvalue weighted by molar-refractivity contribution is -0.139. The number of aryl methyl sites for hydroxylation is 1. The summed E-state index contributed by atoms with van der Waals surface area (Å²) in [5.74, 6) is -1.69. The molecule has 1 heterocycles. The van der Waals surface area contributed by atoms with Gasteiger partial charge in [-0.1, -0.05) is 41.4 Å². The molecule has 2 aromatic carbocycles. The normalized spacial score (nSPS) is 16.9. The first kappa shape index (κ1) is 22.2. The van der Waals surface area contributed by atoms with Crippen LogP contribution in [0.3, 0.4) is 0 Å². The summed E-state index contributed by atoms with van der Waals surface area (Å²) in [5, 5.41) is 5.50. The highest BCUT2D eigenvalue weighted by Gasteiger charge is 2.36. The average molecular weight is 452 g/mol. The van der Waals surface area contributed by atoms with Crippen LogP contribution in [0.25, 0.3) is 0 Å². The number of carbonyl (C=O) groups excluding carboxylic acids is 2. The Morgan fingerprint density at radius 1 is 1.07 bits per heavy atom. The van der Waals surface area contributed by atoms with Crippen molar-refractivity contribution in [3.63, 3.8) is 0 Å². The topological polar surface area (TPSA) is 105 Å². The number of ether oxygens (including phenoxy) is 1. The summed E-state index contributed by atoms with van der Waals surface area (Å²) in [6, 6.07) is 13.3. The first-order chi connectivity index (χ1) is 14.3. The van der Waals surface area contributed by atoms with E-state index in [1.807, 2.05) is 6.92 Å². The Morgan fingerprint density at radius 3 is 2.37 bits per heavy atom. The number of nitrogens with one attached hydrogen (secondary N) is 2. The van der Waals surface area contributed by atoms with Gasteiger partial charge in [0.2, 0.25) is 10.0 Å². The lowest BCUT2D eigenvalue weighted by Crippen LogP contribution is -2.47. The lowest BCUT2D eigenvalue weighted by atomic mass is 10.2. The molecule has 2 aromatic rings. The van der Waals surface area contributed by atoms with Crippen LogP contribution in [0.15, 0.2) is 53.4 Å². The van der Waals surface area contributed by atoms with Gasteiger partial charge in [-0.25, -0.2) is 8.42 Å². The number of nitrogens with zero attached hydrogens (tertiary/aromatic N) is 1. The van der Waals surface area contributed by atoms with Crippen molar-refractivity contribution in [1.82, 2.24) is 14.9 Å². The Kier molecular flexibility index (Phi) is 7.09. The van der Waals surface area contributed by atoms with E-state index in [1.165, 1.54) is 16.4 Å². The number of benzene rings is 2. The number of carbonyl (C=O) groups is 2. The predicted octanol–water partition coefficient (Wildman–Crippen LogP) is 1.43. The smallest absolute Gasteiger partial charge is 0.309 e. The highest BCUT2D eigenvalue weighted by molar-refractivity contribution is 7.89. The minimum atomic E-state index is -3.78. The van der Waals surface area contributed by atoms with E-state index in [2.05, 4.69) is 10.6 Å². The maximum Gasteiger partial charge on any atom is 0.309 e. The monoisotopic (exact) mass is 451 g/mol. The minimum absolute atomic E-state index is 0.141. The van der Waals surface area contributed by atoms with Crippen LogP contribution in [0, 0.1) is 6.92 Å². The summed E-state index contributed by atoms with van der Waals surface area (Å²) >= 11 is 5.81. The van der Waals surface area contributed by atoms with Crippen LogP contribution < -0.4 is 10.6 Å². The SMILES string of the molecule is Cc1ccc(S(=O)(=O)N2CCO[C@@H]2CNC(=O)C(=O)NCc2ccc(Cl)cc2)cc1. The van der Waals surface area contributed by atoms with Gasteiger partial charge in [-0.3, -0.25) is 9.59 Å². The van der Waals surface area contributed by atoms with Crippen LogP contribution >= 0.6 is 11.6 Å². The summed E-state index contributed by atoms with van der Waals surface area (Å²) in [5.41, 5.74) is 1.73. The molecule has 0 aromatic heterocycles. The summed E-state index contributed by atoms with van der Waals surface area (Å²) in [7, 11) is -3.78. The molecule has 1 saturated heterocycles. The van der Waals surface area contributed by atoms with Crippen molar-refractivity contribution in [2.75, 3.05) is 19.7 Å². The van der Waals surface area contributed by atoms with E-state index in [1.54, 1.807) is 36.4 Å². The molecule has 0 saturated carbocycles. The van der Waals surface area contributed by atoms with Gasteiger partial charge in [0.05, 0.1) is 18.0 Å². The molecule has 0 aliphatic carbocycles. The van der Waals surface area contributed by atoms with Crippen LogP contribution in [0.2, 0.25) is 5.02 Å². The molecule has 0 spiro atoms. The van der Waals surface area contributed by atoms with Crippen LogP contribution in [0.1, 0.15) is 11.1 Å². The molecule has 1 atom stereocenters. The third-order valence-corrected chi connectivity index (χ3v) is 6.74. The van der Waals surface area contributed by atoms with Gasteiger partial charge in [0.15, 0.2) is 0 Å². The molecular formula is C20H22ClN3O5S. The largest absolute Gasteiger partial charge is 0.359 e. The van der Waals surface area contributed by atoms with Gasteiger partial charge in [0.1, 0.15) is 6.23 Å². The molecule has 1 aliphatic rings. The molecule has 0 radical (unpaired) electrons.